The molecule has 0 saturated carbocycles. The number of pyridine rings is 1. The Bertz CT molecular complexity index is 1350. The molecule has 0 atom stereocenters. The number of anilines is 3. The molecule has 0 aliphatic carbocycles. The van der Waals surface area contributed by atoms with Gasteiger partial charge in [-0.05, 0) is 54.1 Å². The maximum Gasteiger partial charge on any atom is 0.416 e. The van der Waals surface area contributed by atoms with Crippen molar-refractivity contribution in [1.29, 1.82) is 0 Å². The van der Waals surface area contributed by atoms with E-state index in [1.807, 2.05) is 18.2 Å². The molecule has 1 aromatic heterocycles. The summed E-state index contributed by atoms with van der Waals surface area (Å²) in [5.41, 5.74) is 3.63. The standard InChI is InChI=1S/C27H23Br2F3N4/c28-20-14-21(29)16-23(15-20)36-11-9-35(10-12-36)17-18-1-4-22(5-2-18)34-25-7-8-33-26-13-19(27(30,31)32)3-6-24(25)26/h1-8,13-16H,9-12,17H2,(H,33,34). The minimum absolute atomic E-state index is 0.306. The van der Waals surface area contributed by atoms with Gasteiger partial charge in [0.2, 0.25) is 0 Å². The van der Waals surface area contributed by atoms with Crippen LogP contribution in [0.15, 0.2) is 81.9 Å². The van der Waals surface area contributed by atoms with E-state index in [1.165, 1.54) is 23.5 Å². The smallest absolute Gasteiger partial charge is 0.369 e. The average Bonchev–Trinajstić information content (AvgIpc) is 2.84. The first kappa shape index (κ1) is 25.0. The maximum atomic E-state index is 13.0. The zero-order valence-electron chi connectivity index (χ0n) is 19.2. The highest BCUT2D eigenvalue weighted by Crippen LogP contribution is 2.33. The summed E-state index contributed by atoms with van der Waals surface area (Å²) in [5.74, 6) is 0. The van der Waals surface area contributed by atoms with E-state index >= 15 is 0 Å². The number of rotatable bonds is 5. The number of fused-ring (bicyclic) bond motifs is 1. The Morgan fingerprint density at radius 3 is 2.19 bits per heavy atom. The molecule has 5 rings (SSSR count). The Kier molecular flexibility index (Phi) is 7.23. The highest BCUT2D eigenvalue weighted by molar-refractivity contribution is 9.11. The van der Waals surface area contributed by atoms with Crippen LogP contribution in [0.2, 0.25) is 0 Å². The van der Waals surface area contributed by atoms with Gasteiger partial charge in [0.15, 0.2) is 0 Å². The number of hydrogen-bond acceptors (Lipinski definition) is 4. The van der Waals surface area contributed by atoms with Gasteiger partial charge in [0.25, 0.3) is 0 Å². The van der Waals surface area contributed by atoms with E-state index in [9.17, 15) is 13.2 Å². The third-order valence-corrected chi connectivity index (χ3v) is 7.21. The molecule has 1 aliphatic heterocycles. The second-order valence-corrected chi connectivity index (χ2v) is 10.6. The van der Waals surface area contributed by atoms with Gasteiger partial charge >= 0.3 is 6.18 Å². The molecule has 3 aromatic carbocycles. The molecule has 4 nitrogen and oxygen atoms in total. The maximum absolute atomic E-state index is 13.0. The van der Waals surface area contributed by atoms with Crippen molar-refractivity contribution in [2.45, 2.75) is 12.7 Å². The van der Waals surface area contributed by atoms with E-state index in [2.05, 4.69) is 76.2 Å². The quantitative estimate of drug-likeness (QED) is 0.247. The van der Waals surface area contributed by atoms with Gasteiger partial charge in [0.1, 0.15) is 0 Å². The van der Waals surface area contributed by atoms with Crippen LogP contribution in [0.4, 0.5) is 30.2 Å². The molecule has 0 amide bonds. The molecule has 0 unspecified atom stereocenters. The van der Waals surface area contributed by atoms with Gasteiger partial charge in [-0.15, -0.1) is 0 Å². The fourth-order valence-electron chi connectivity index (χ4n) is 4.43. The molecule has 4 aromatic rings. The molecular formula is C27H23Br2F3N4. The number of benzene rings is 3. The third kappa shape index (κ3) is 5.85. The summed E-state index contributed by atoms with van der Waals surface area (Å²) < 4.78 is 41.3. The van der Waals surface area contributed by atoms with Crippen molar-refractivity contribution < 1.29 is 13.2 Å². The molecule has 186 valence electrons. The Hall–Kier alpha value is -2.62. The lowest BCUT2D eigenvalue weighted by Crippen LogP contribution is -2.45. The van der Waals surface area contributed by atoms with Gasteiger partial charge in [-0.1, -0.05) is 50.1 Å². The molecular weight excluding hydrogens is 597 g/mol. The Morgan fingerprint density at radius 1 is 0.833 bits per heavy atom. The van der Waals surface area contributed by atoms with E-state index in [0.29, 0.717) is 10.9 Å². The lowest BCUT2D eigenvalue weighted by Gasteiger charge is -2.36. The highest BCUT2D eigenvalue weighted by atomic mass is 79.9. The van der Waals surface area contributed by atoms with Crippen LogP contribution in [0, 0.1) is 0 Å². The van der Waals surface area contributed by atoms with Crippen LogP contribution in [0.5, 0.6) is 0 Å². The fourth-order valence-corrected chi connectivity index (χ4v) is 5.70. The molecule has 2 heterocycles. The molecule has 0 radical (unpaired) electrons. The second-order valence-electron chi connectivity index (χ2n) is 8.80. The summed E-state index contributed by atoms with van der Waals surface area (Å²) in [4.78, 5) is 8.96. The van der Waals surface area contributed by atoms with E-state index in [1.54, 1.807) is 6.07 Å². The number of piperazine rings is 1. The molecule has 1 fully saturated rings. The Balaban J connectivity index is 1.21. The number of nitrogens with zero attached hydrogens (tertiary/aromatic N) is 3. The van der Waals surface area contributed by atoms with Gasteiger partial charge in [-0.3, -0.25) is 9.88 Å². The predicted octanol–water partition coefficient (Wildman–Crippen LogP) is 7.84. The summed E-state index contributed by atoms with van der Waals surface area (Å²) in [7, 11) is 0. The number of alkyl halides is 3. The SMILES string of the molecule is FC(F)(F)c1ccc2c(Nc3ccc(CN4CCN(c5cc(Br)cc(Br)c5)CC4)cc3)ccnc2c1. The van der Waals surface area contributed by atoms with Gasteiger partial charge in [-0.2, -0.15) is 13.2 Å². The fraction of sp³-hybridized carbons (Fsp3) is 0.222. The summed E-state index contributed by atoms with van der Waals surface area (Å²) in [5, 5.41) is 3.96. The van der Waals surface area contributed by atoms with Crippen molar-refractivity contribution in [3.05, 3.63) is 93.0 Å². The molecule has 1 saturated heterocycles. The van der Waals surface area contributed by atoms with Crippen molar-refractivity contribution in [1.82, 2.24) is 9.88 Å². The molecule has 36 heavy (non-hydrogen) atoms. The van der Waals surface area contributed by atoms with Crippen LogP contribution in [0.1, 0.15) is 11.1 Å². The first-order chi connectivity index (χ1) is 17.2. The van der Waals surface area contributed by atoms with Gasteiger partial charge < -0.3 is 10.2 Å². The first-order valence-corrected chi connectivity index (χ1v) is 13.1. The van der Waals surface area contributed by atoms with Crippen LogP contribution in [0.25, 0.3) is 10.9 Å². The van der Waals surface area contributed by atoms with Gasteiger partial charge in [0, 0.05) is 70.3 Å². The van der Waals surface area contributed by atoms with E-state index in [4.69, 9.17) is 0 Å². The van der Waals surface area contributed by atoms with E-state index in [0.717, 1.165) is 65.2 Å². The summed E-state index contributed by atoms with van der Waals surface area (Å²) >= 11 is 7.14. The number of hydrogen-bond donors (Lipinski definition) is 1. The van der Waals surface area contributed by atoms with Crippen molar-refractivity contribution in [3.63, 3.8) is 0 Å². The van der Waals surface area contributed by atoms with Crippen molar-refractivity contribution >= 4 is 59.8 Å². The van der Waals surface area contributed by atoms with Crippen LogP contribution in [-0.2, 0) is 12.7 Å². The lowest BCUT2D eigenvalue weighted by atomic mass is 10.1. The van der Waals surface area contributed by atoms with Crippen LogP contribution < -0.4 is 10.2 Å². The summed E-state index contributed by atoms with van der Waals surface area (Å²) in [6, 6.07) is 19.9. The Labute approximate surface area is 224 Å². The van der Waals surface area contributed by atoms with Gasteiger partial charge in [-0.25, -0.2) is 0 Å². The highest BCUT2D eigenvalue weighted by Gasteiger charge is 2.30. The minimum Gasteiger partial charge on any atom is -0.369 e. The minimum atomic E-state index is -4.39. The van der Waals surface area contributed by atoms with Crippen LogP contribution in [0.3, 0.4) is 0 Å². The Morgan fingerprint density at radius 2 is 1.53 bits per heavy atom. The summed E-state index contributed by atoms with van der Waals surface area (Å²) in [6.45, 7) is 4.76. The monoisotopic (exact) mass is 618 g/mol. The average molecular weight is 620 g/mol. The van der Waals surface area contributed by atoms with Gasteiger partial charge in [0.05, 0.1) is 11.1 Å². The zero-order valence-corrected chi connectivity index (χ0v) is 22.4. The van der Waals surface area contributed by atoms with Crippen molar-refractivity contribution in [2.75, 3.05) is 36.4 Å². The third-order valence-electron chi connectivity index (χ3n) is 6.29. The number of aromatic nitrogens is 1. The second kappa shape index (κ2) is 10.4. The topological polar surface area (TPSA) is 31.4 Å². The molecule has 9 heteroatoms. The molecule has 0 spiro atoms. The first-order valence-electron chi connectivity index (χ1n) is 11.5. The predicted molar refractivity (Wildman–Crippen MR) is 146 cm³/mol. The zero-order chi connectivity index (χ0) is 25.3. The van der Waals surface area contributed by atoms with Crippen molar-refractivity contribution in [3.8, 4) is 0 Å². The lowest BCUT2D eigenvalue weighted by molar-refractivity contribution is -0.137. The molecule has 1 N–H and O–H groups in total. The van der Waals surface area contributed by atoms with Crippen LogP contribution in [-0.4, -0.2) is 36.1 Å². The van der Waals surface area contributed by atoms with E-state index < -0.39 is 11.7 Å². The normalized spacial score (nSPS) is 14.9. The molecule has 0 bridgehead atoms. The van der Waals surface area contributed by atoms with Crippen molar-refractivity contribution in [2.24, 2.45) is 0 Å². The number of halogens is 5. The largest absolute Gasteiger partial charge is 0.416 e. The summed E-state index contributed by atoms with van der Waals surface area (Å²) in [6.07, 6.45) is -2.87. The molecule has 1 aliphatic rings. The van der Waals surface area contributed by atoms with Crippen LogP contribution >= 0.6 is 31.9 Å². The number of nitrogens with one attached hydrogen (secondary N) is 1. The van der Waals surface area contributed by atoms with E-state index in [-0.39, 0.29) is 0 Å².